The molecule has 0 aliphatic carbocycles. The van der Waals surface area contributed by atoms with Crippen molar-refractivity contribution in [1.29, 1.82) is 5.26 Å². The van der Waals surface area contributed by atoms with Crippen molar-refractivity contribution in [2.75, 3.05) is 5.88 Å². The molecule has 1 rings (SSSR count). The highest BCUT2D eigenvalue weighted by Gasteiger charge is 2.08. The van der Waals surface area contributed by atoms with Crippen molar-refractivity contribution < 1.29 is 0 Å². The molecule has 1 unspecified atom stereocenters. The minimum absolute atomic E-state index is 0.413. The van der Waals surface area contributed by atoms with Crippen LogP contribution >= 0.6 is 35.0 Å². The van der Waals surface area contributed by atoms with Crippen LogP contribution in [0.2, 0.25) is 5.02 Å². The zero-order chi connectivity index (χ0) is 11.3. The molecule has 1 aromatic carbocycles. The molecule has 1 aromatic rings. The maximum absolute atomic E-state index is 8.94. The van der Waals surface area contributed by atoms with Gasteiger partial charge in [0.05, 0.1) is 5.56 Å². The SMILES string of the molecule is CC(CCCl)Sc1ccc(Cl)cc1C#N. The second-order valence-corrected chi connectivity index (χ2v) is 5.45. The minimum Gasteiger partial charge on any atom is -0.192 e. The van der Waals surface area contributed by atoms with Crippen LogP contribution in [0.1, 0.15) is 18.9 Å². The van der Waals surface area contributed by atoms with Gasteiger partial charge in [-0.1, -0.05) is 18.5 Å². The molecule has 0 saturated carbocycles. The van der Waals surface area contributed by atoms with Crippen LogP contribution in [0.3, 0.4) is 0 Å². The first-order valence-corrected chi connectivity index (χ1v) is 6.39. The van der Waals surface area contributed by atoms with Crippen LogP contribution in [0, 0.1) is 11.3 Å². The lowest BCUT2D eigenvalue weighted by atomic mass is 10.2. The van der Waals surface area contributed by atoms with Crippen molar-refractivity contribution in [2.24, 2.45) is 0 Å². The molecule has 0 aromatic heterocycles. The Morgan fingerprint density at radius 2 is 2.27 bits per heavy atom. The number of hydrogen-bond donors (Lipinski definition) is 0. The van der Waals surface area contributed by atoms with E-state index in [-0.39, 0.29) is 0 Å². The van der Waals surface area contributed by atoms with Gasteiger partial charge >= 0.3 is 0 Å². The Bertz CT molecular complexity index is 373. The summed E-state index contributed by atoms with van der Waals surface area (Å²) in [5, 5.41) is 9.95. The minimum atomic E-state index is 0.413. The van der Waals surface area contributed by atoms with Crippen molar-refractivity contribution in [2.45, 2.75) is 23.5 Å². The largest absolute Gasteiger partial charge is 0.192 e. The third-order valence-corrected chi connectivity index (χ3v) is 3.61. The number of thioether (sulfide) groups is 1. The van der Waals surface area contributed by atoms with Crippen molar-refractivity contribution in [3.05, 3.63) is 28.8 Å². The van der Waals surface area contributed by atoms with E-state index in [4.69, 9.17) is 28.5 Å². The van der Waals surface area contributed by atoms with E-state index >= 15 is 0 Å². The van der Waals surface area contributed by atoms with Gasteiger partial charge in [0, 0.05) is 21.0 Å². The average molecular weight is 260 g/mol. The summed E-state index contributed by atoms with van der Waals surface area (Å²) in [6, 6.07) is 7.53. The van der Waals surface area contributed by atoms with E-state index in [9.17, 15) is 0 Å². The number of alkyl halides is 1. The summed E-state index contributed by atoms with van der Waals surface area (Å²) in [6.45, 7) is 2.10. The van der Waals surface area contributed by atoms with Gasteiger partial charge in [0.1, 0.15) is 6.07 Å². The first kappa shape index (κ1) is 12.7. The van der Waals surface area contributed by atoms with Gasteiger partial charge in [-0.3, -0.25) is 0 Å². The Labute approximate surface area is 104 Å². The molecule has 0 fully saturated rings. The molecule has 15 heavy (non-hydrogen) atoms. The van der Waals surface area contributed by atoms with E-state index in [1.54, 1.807) is 23.9 Å². The summed E-state index contributed by atoms with van der Waals surface area (Å²) < 4.78 is 0. The van der Waals surface area contributed by atoms with Crippen LogP contribution in [-0.2, 0) is 0 Å². The third kappa shape index (κ3) is 3.95. The predicted octanol–water partition coefficient (Wildman–Crippen LogP) is 4.32. The summed E-state index contributed by atoms with van der Waals surface area (Å²) >= 11 is 13.1. The smallest absolute Gasteiger partial charge is 0.100 e. The van der Waals surface area contributed by atoms with Crippen molar-refractivity contribution in [1.82, 2.24) is 0 Å². The number of hydrogen-bond acceptors (Lipinski definition) is 2. The van der Waals surface area contributed by atoms with Crippen LogP contribution in [0.4, 0.5) is 0 Å². The standard InChI is InChI=1S/C11H11Cl2NS/c1-8(4-5-12)15-11-3-2-10(13)6-9(11)7-14/h2-3,6,8H,4-5H2,1H3. The van der Waals surface area contributed by atoms with E-state index in [0.29, 0.717) is 21.7 Å². The lowest BCUT2D eigenvalue weighted by Crippen LogP contribution is -1.97. The topological polar surface area (TPSA) is 23.8 Å². The Morgan fingerprint density at radius 3 is 2.87 bits per heavy atom. The van der Waals surface area contributed by atoms with Crippen molar-refractivity contribution >= 4 is 35.0 Å². The van der Waals surface area contributed by atoms with Crippen LogP contribution in [-0.4, -0.2) is 11.1 Å². The molecule has 0 saturated heterocycles. The summed E-state index contributed by atoms with van der Waals surface area (Å²) in [5.74, 6) is 0.643. The highest BCUT2D eigenvalue weighted by atomic mass is 35.5. The summed E-state index contributed by atoms with van der Waals surface area (Å²) in [6.07, 6.45) is 0.930. The molecule has 0 bridgehead atoms. The van der Waals surface area contributed by atoms with Gasteiger partial charge in [-0.05, 0) is 24.6 Å². The second kappa shape index (κ2) is 6.27. The first-order valence-electron chi connectivity index (χ1n) is 4.59. The highest BCUT2D eigenvalue weighted by Crippen LogP contribution is 2.29. The van der Waals surface area contributed by atoms with Gasteiger partial charge in [0.15, 0.2) is 0 Å². The van der Waals surface area contributed by atoms with E-state index in [2.05, 4.69) is 13.0 Å². The van der Waals surface area contributed by atoms with Crippen molar-refractivity contribution in [3.8, 4) is 6.07 Å². The Balaban J connectivity index is 2.81. The fourth-order valence-electron chi connectivity index (χ4n) is 1.12. The molecule has 0 N–H and O–H groups in total. The zero-order valence-electron chi connectivity index (χ0n) is 8.34. The van der Waals surface area contributed by atoms with Gasteiger partial charge in [-0.2, -0.15) is 5.26 Å². The lowest BCUT2D eigenvalue weighted by Gasteiger charge is -2.10. The Kier molecular flexibility index (Phi) is 5.31. The molecule has 0 aliphatic rings. The summed E-state index contributed by atoms with van der Waals surface area (Å²) in [4.78, 5) is 0.972. The van der Waals surface area contributed by atoms with Gasteiger partial charge in [-0.25, -0.2) is 0 Å². The predicted molar refractivity (Wildman–Crippen MR) is 66.8 cm³/mol. The normalized spacial score (nSPS) is 12.1. The van der Waals surface area contributed by atoms with E-state index in [1.165, 1.54) is 0 Å². The molecule has 4 heteroatoms. The number of benzene rings is 1. The van der Waals surface area contributed by atoms with E-state index < -0.39 is 0 Å². The molecule has 0 spiro atoms. The molecular weight excluding hydrogens is 249 g/mol. The number of nitriles is 1. The van der Waals surface area contributed by atoms with Gasteiger partial charge in [-0.15, -0.1) is 23.4 Å². The number of nitrogens with zero attached hydrogens (tertiary/aromatic N) is 1. The average Bonchev–Trinajstić information content (AvgIpc) is 2.21. The molecule has 80 valence electrons. The monoisotopic (exact) mass is 259 g/mol. The maximum Gasteiger partial charge on any atom is 0.100 e. The maximum atomic E-state index is 8.94. The third-order valence-electron chi connectivity index (χ3n) is 1.91. The summed E-state index contributed by atoms with van der Waals surface area (Å²) in [7, 11) is 0. The van der Waals surface area contributed by atoms with Gasteiger partial charge in [0.2, 0.25) is 0 Å². The zero-order valence-corrected chi connectivity index (χ0v) is 10.7. The fourth-order valence-corrected chi connectivity index (χ4v) is 2.80. The first-order chi connectivity index (χ1) is 7.17. The molecular formula is C11H11Cl2NS. The Morgan fingerprint density at radius 1 is 1.53 bits per heavy atom. The molecule has 0 heterocycles. The summed E-state index contributed by atoms with van der Waals surface area (Å²) in [5.41, 5.74) is 0.633. The molecule has 1 atom stereocenters. The molecule has 1 nitrogen and oxygen atoms in total. The van der Waals surface area contributed by atoms with Crippen LogP contribution < -0.4 is 0 Å². The number of rotatable bonds is 4. The van der Waals surface area contributed by atoms with Crippen LogP contribution in [0.15, 0.2) is 23.1 Å². The van der Waals surface area contributed by atoms with Gasteiger partial charge < -0.3 is 0 Å². The quantitative estimate of drug-likeness (QED) is 0.594. The number of halogens is 2. The van der Waals surface area contributed by atoms with Crippen LogP contribution in [0.5, 0.6) is 0 Å². The fraction of sp³-hybridized carbons (Fsp3) is 0.364. The van der Waals surface area contributed by atoms with Crippen LogP contribution in [0.25, 0.3) is 0 Å². The van der Waals surface area contributed by atoms with Gasteiger partial charge in [0.25, 0.3) is 0 Å². The van der Waals surface area contributed by atoms with Crippen molar-refractivity contribution in [3.63, 3.8) is 0 Å². The highest BCUT2D eigenvalue weighted by molar-refractivity contribution is 8.00. The molecule has 0 amide bonds. The molecule has 0 aliphatic heterocycles. The van der Waals surface area contributed by atoms with E-state index in [1.807, 2.05) is 6.07 Å². The Hall–Kier alpha value is -0.360. The molecule has 0 radical (unpaired) electrons. The lowest BCUT2D eigenvalue weighted by molar-refractivity contribution is 0.912. The second-order valence-electron chi connectivity index (χ2n) is 3.16. The van der Waals surface area contributed by atoms with E-state index in [0.717, 1.165) is 11.3 Å².